The molecule has 0 amide bonds. The van der Waals surface area contributed by atoms with Crippen molar-refractivity contribution < 1.29 is 18.0 Å². The molecule has 2 heterocycles. The summed E-state index contributed by atoms with van der Waals surface area (Å²) in [6, 6.07) is 3.08. The summed E-state index contributed by atoms with van der Waals surface area (Å²) in [4.78, 5) is 18.7. The Morgan fingerprint density at radius 1 is 1.29 bits per heavy atom. The smallest absolute Gasteiger partial charge is 0.382 e. The third-order valence-electron chi connectivity index (χ3n) is 4.47. The number of halogens is 3. The van der Waals surface area contributed by atoms with E-state index in [9.17, 15) is 18.0 Å². The maximum atomic E-state index is 12.7. The first-order chi connectivity index (χ1) is 14.6. The topological polar surface area (TPSA) is 107 Å². The lowest BCUT2D eigenvalue weighted by Gasteiger charge is -2.22. The van der Waals surface area contributed by atoms with Crippen LogP contribution in [-0.2, 0) is 6.18 Å². The van der Waals surface area contributed by atoms with Gasteiger partial charge in [-0.2, -0.15) is 13.2 Å². The first-order valence-corrected chi connectivity index (χ1v) is 11.9. The Bertz CT molecular complexity index is 852. The largest absolute Gasteiger partial charge is 0.434 e. The lowest BCUT2D eigenvalue weighted by Crippen LogP contribution is -2.26. The van der Waals surface area contributed by atoms with Crippen molar-refractivity contribution in [3.63, 3.8) is 0 Å². The van der Waals surface area contributed by atoms with Crippen LogP contribution in [0.15, 0.2) is 18.3 Å². The maximum absolute atomic E-state index is 12.7. The number of ketones is 1. The minimum Gasteiger partial charge on any atom is -0.382 e. The number of aromatic nitrogens is 2. The molecule has 2 aromatic rings. The molecule has 0 atom stereocenters. The number of anilines is 2. The predicted octanol–water partition coefficient (Wildman–Crippen LogP) is 5.17. The molecule has 172 valence electrons. The van der Waals surface area contributed by atoms with Crippen molar-refractivity contribution in [1.29, 1.82) is 0 Å². The van der Waals surface area contributed by atoms with E-state index in [0.717, 1.165) is 35.6 Å². The molecular formula is C20H28F3N5OS2. The first-order valence-electron chi connectivity index (χ1n) is 10.1. The van der Waals surface area contributed by atoms with Crippen molar-refractivity contribution in [2.75, 3.05) is 17.2 Å². The highest BCUT2D eigenvalue weighted by atomic mass is 32.2. The summed E-state index contributed by atoms with van der Waals surface area (Å²) >= 11 is 2.65. The van der Waals surface area contributed by atoms with E-state index >= 15 is 0 Å². The van der Waals surface area contributed by atoms with Crippen molar-refractivity contribution >= 4 is 40.0 Å². The summed E-state index contributed by atoms with van der Waals surface area (Å²) < 4.78 is 41.8. The quantitative estimate of drug-likeness (QED) is 0.391. The number of hydrogen-bond acceptors (Lipinski definition) is 8. The number of hydrogen-bond donors (Lipinski definition) is 3. The van der Waals surface area contributed by atoms with Crippen LogP contribution in [-0.4, -0.2) is 27.5 Å². The van der Waals surface area contributed by atoms with Gasteiger partial charge in [0.15, 0.2) is 10.8 Å². The molecule has 0 radical (unpaired) electrons. The molecule has 0 aliphatic heterocycles. The number of nitrogens with one attached hydrogen (secondary N) is 1. The summed E-state index contributed by atoms with van der Waals surface area (Å²) in [6.07, 6.45) is 3.34. The highest BCUT2D eigenvalue weighted by Crippen LogP contribution is 2.33. The highest BCUT2D eigenvalue weighted by molar-refractivity contribution is 7.97. The van der Waals surface area contributed by atoms with Gasteiger partial charge in [-0.15, -0.1) is 0 Å². The fourth-order valence-electron chi connectivity index (χ4n) is 3.00. The number of nitrogens with two attached hydrogens (primary N) is 2. The second-order valence-corrected chi connectivity index (χ2v) is 9.54. The van der Waals surface area contributed by atoms with Gasteiger partial charge in [0.1, 0.15) is 10.7 Å². The normalized spacial score (nSPS) is 14.9. The van der Waals surface area contributed by atoms with Gasteiger partial charge in [0.25, 0.3) is 0 Å². The SMILES string of the molecule is CC(C)CSNC1CCCCC1.Nc1nc(N)c(C(=O)c2cccnc2C(F)(F)F)s1. The number of nitrogen functional groups attached to an aromatic ring is 2. The van der Waals surface area contributed by atoms with Crippen LogP contribution in [0.5, 0.6) is 0 Å². The average Bonchev–Trinajstić information content (AvgIpc) is 3.06. The molecule has 31 heavy (non-hydrogen) atoms. The second kappa shape index (κ2) is 11.7. The summed E-state index contributed by atoms with van der Waals surface area (Å²) in [5.41, 5.74) is 8.96. The number of carbonyl (C=O) groups excluding carboxylic acids is 1. The molecule has 1 aliphatic carbocycles. The highest BCUT2D eigenvalue weighted by Gasteiger charge is 2.37. The van der Waals surface area contributed by atoms with Gasteiger partial charge < -0.3 is 11.5 Å². The zero-order valence-corrected chi connectivity index (χ0v) is 19.2. The van der Waals surface area contributed by atoms with Crippen LogP contribution in [0, 0.1) is 5.92 Å². The maximum Gasteiger partial charge on any atom is 0.434 e. The van der Waals surface area contributed by atoms with Gasteiger partial charge in [0.05, 0.1) is 5.56 Å². The van der Waals surface area contributed by atoms with E-state index in [2.05, 4.69) is 28.5 Å². The molecule has 0 saturated heterocycles. The van der Waals surface area contributed by atoms with Crippen molar-refractivity contribution in [2.24, 2.45) is 5.92 Å². The molecule has 5 N–H and O–H groups in total. The van der Waals surface area contributed by atoms with Gasteiger partial charge in [-0.25, -0.2) is 4.98 Å². The van der Waals surface area contributed by atoms with Gasteiger partial charge in [0, 0.05) is 18.0 Å². The monoisotopic (exact) mass is 475 g/mol. The predicted molar refractivity (Wildman–Crippen MR) is 121 cm³/mol. The Morgan fingerprint density at radius 3 is 2.52 bits per heavy atom. The van der Waals surface area contributed by atoms with E-state index in [-0.39, 0.29) is 15.8 Å². The van der Waals surface area contributed by atoms with Crippen molar-refractivity contribution in [3.8, 4) is 0 Å². The first kappa shape index (κ1) is 25.4. The molecule has 1 aliphatic rings. The van der Waals surface area contributed by atoms with Gasteiger partial charge in [0.2, 0.25) is 5.78 Å². The lowest BCUT2D eigenvalue weighted by molar-refractivity contribution is -0.141. The Labute approximate surface area is 188 Å². The third kappa shape index (κ3) is 7.97. The molecule has 2 aromatic heterocycles. The number of carbonyl (C=O) groups is 1. The van der Waals surface area contributed by atoms with Gasteiger partial charge in [-0.1, -0.05) is 56.4 Å². The summed E-state index contributed by atoms with van der Waals surface area (Å²) in [7, 11) is 0. The molecule has 11 heteroatoms. The van der Waals surface area contributed by atoms with Gasteiger partial charge in [-0.05, 0) is 30.9 Å². The summed E-state index contributed by atoms with van der Waals surface area (Å²) in [6.45, 7) is 4.55. The molecule has 3 rings (SSSR count). The Kier molecular flexibility index (Phi) is 9.57. The summed E-state index contributed by atoms with van der Waals surface area (Å²) in [5.74, 6) is 0.971. The number of alkyl halides is 3. The number of thiazole rings is 1. The van der Waals surface area contributed by atoms with Gasteiger partial charge in [-0.3, -0.25) is 14.5 Å². The van der Waals surface area contributed by atoms with Crippen molar-refractivity contribution in [3.05, 3.63) is 34.5 Å². The van der Waals surface area contributed by atoms with Gasteiger partial charge >= 0.3 is 6.18 Å². The van der Waals surface area contributed by atoms with E-state index in [4.69, 9.17) is 11.5 Å². The number of nitrogens with zero attached hydrogens (tertiary/aromatic N) is 2. The van der Waals surface area contributed by atoms with E-state index in [0.29, 0.717) is 0 Å². The molecule has 0 bridgehead atoms. The zero-order valence-electron chi connectivity index (χ0n) is 17.5. The Hall–Kier alpha value is -1.85. The van der Waals surface area contributed by atoms with Crippen LogP contribution < -0.4 is 16.2 Å². The molecule has 0 aromatic carbocycles. The number of pyridine rings is 1. The standard InChI is InChI=1S/C10H7F3N4OS.C10H21NS/c11-10(12,13)7-4(2-1-3-16-7)5(18)6-8(14)17-9(15)19-6;1-9(2)8-12-11-10-6-4-3-5-7-10/h1-3H,14H2,(H2,15,17);9-11H,3-8H2,1-2H3. The minimum atomic E-state index is -4.72. The molecule has 1 fully saturated rings. The van der Waals surface area contributed by atoms with E-state index in [1.807, 2.05) is 11.9 Å². The van der Waals surface area contributed by atoms with Crippen LogP contribution in [0.25, 0.3) is 0 Å². The zero-order chi connectivity index (χ0) is 23.0. The second-order valence-electron chi connectivity index (χ2n) is 7.65. The molecule has 0 spiro atoms. The van der Waals surface area contributed by atoms with Crippen LogP contribution in [0.1, 0.15) is 66.9 Å². The fraction of sp³-hybridized carbons (Fsp3) is 0.550. The van der Waals surface area contributed by atoms with Crippen LogP contribution >= 0.6 is 23.3 Å². The third-order valence-corrected chi connectivity index (χ3v) is 6.70. The average molecular weight is 476 g/mol. The van der Waals surface area contributed by atoms with E-state index in [1.165, 1.54) is 43.9 Å². The lowest BCUT2D eigenvalue weighted by atomic mass is 9.96. The molecule has 0 unspecified atom stereocenters. The minimum absolute atomic E-state index is 0.0123. The molecule has 1 saturated carbocycles. The van der Waals surface area contributed by atoms with Crippen LogP contribution in [0.2, 0.25) is 0 Å². The Morgan fingerprint density at radius 2 is 1.97 bits per heavy atom. The number of rotatable bonds is 6. The Balaban J connectivity index is 0.000000245. The molecular weight excluding hydrogens is 447 g/mol. The summed E-state index contributed by atoms with van der Waals surface area (Å²) in [5, 5.41) is 0.0123. The van der Waals surface area contributed by atoms with Crippen molar-refractivity contribution in [1.82, 2.24) is 14.7 Å². The van der Waals surface area contributed by atoms with E-state index in [1.54, 1.807) is 0 Å². The molecule has 6 nitrogen and oxygen atoms in total. The van der Waals surface area contributed by atoms with Crippen molar-refractivity contribution in [2.45, 2.75) is 58.2 Å². The van der Waals surface area contributed by atoms with Crippen LogP contribution in [0.3, 0.4) is 0 Å². The van der Waals surface area contributed by atoms with E-state index < -0.39 is 23.2 Å². The fourth-order valence-corrected chi connectivity index (χ4v) is 4.61. The van der Waals surface area contributed by atoms with Crippen LogP contribution in [0.4, 0.5) is 24.1 Å².